The average molecular weight is 276 g/mol. The predicted molar refractivity (Wildman–Crippen MR) is 73.3 cm³/mol. The van der Waals surface area contributed by atoms with Crippen LogP contribution in [0.5, 0.6) is 0 Å². The summed E-state index contributed by atoms with van der Waals surface area (Å²) in [6.45, 7) is 2.64. The monoisotopic (exact) mass is 276 g/mol. The number of rotatable bonds is 6. The van der Waals surface area contributed by atoms with Gasteiger partial charge in [0.25, 0.3) is 0 Å². The average Bonchev–Trinajstić information content (AvgIpc) is 2.94. The Hall–Kier alpha value is -2.57. The number of carbonyl (C=O) groups excluding carboxylic acids is 1. The minimum atomic E-state index is -0.401. The van der Waals surface area contributed by atoms with Crippen LogP contribution in [-0.4, -0.2) is 29.3 Å². The normalized spacial score (nSPS) is 10.2. The molecule has 0 aliphatic carbocycles. The minimum absolute atomic E-state index is 0.315. The van der Waals surface area contributed by atoms with Crippen LogP contribution in [0.2, 0.25) is 0 Å². The van der Waals surface area contributed by atoms with Crippen molar-refractivity contribution in [1.29, 1.82) is 0 Å². The van der Waals surface area contributed by atoms with Crippen LogP contribution in [0.1, 0.15) is 23.1 Å². The van der Waals surface area contributed by atoms with E-state index in [0.717, 1.165) is 0 Å². The lowest BCUT2D eigenvalue weighted by Crippen LogP contribution is -2.12. The molecule has 20 heavy (non-hydrogen) atoms. The van der Waals surface area contributed by atoms with Gasteiger partial charge < -0.3 is 20.3 Å². The Morgan fingerprint density at radius 3 is 3.05 bits per heavy atom. The van der Waals surface area contributed by atoms with Crippen LogP contribution in [0.4, 0.5) is 11.4 Å². The summed E-state index contributed by atoms with van der Waals surface area (Å²) in [6, 6.07) is 5.06. The molecule has 0 saturated heterocycles. The Bertz CT molecular complexity index is 569. The van der Waals surface area contributed by atoms with E-state index in [1.165, 1.54) is 6.39 Å². The first-order valence-corrected chi connectivity index (χ1v) is 6.26. The zero-order valence-corrected chi connectivity index (χ0v) is 11.1. The van der Waals surface area contributed by atoms with Crippen molar-refractivity contribution in [1.82, 2.24) is 10.1 Å². The van der Waals surface area contributed by atoms with E-state index < -0.39 is 5.97 Å². The standard InChI is InChI=1S/C13H16N4O3/c1-2-19-13(18)10-7-9(14)3-4-11(10)15-6-5-12-16-8-20-17-12/h3-4,7-8,15H,2,5-6,14H2,1H3. The Morgan fingerprint density at radius 2 is 2.35 bits per heavy atom. The number of nitrogen functional groups attached to an aromatic ring is 1. The molecule has 1 heterocycles. The number of nitrogens with two attached hydrogens (primary N) is 1. The third-order valence-electron chi connectivity index (χ3n) is 2.61. The Kier molecular flexibility index (Phi) is 4.54. The number of nitrogens with zero attached hydrogens (tertiary/aromatic N) is 2. The Balaban J connectivity index is 2.04. The summed E-state index contributed by atoms with van der Waals surface area (Å²) in [4.78, 5) is 15.8. The zero-order chi connectivity index (χ0) is 14.4. The topological polar surface area (TPSA) is 103 Å². The van der Waals surface area contributed by atoms with Crippen molar-refractivity contribution in [2.24, 2.45) is 0 Å². The number of benzene rings is 1. The first-order chi connectivity index (χ1) is 9.70. The Morgan fingerprint density at radius 1 is 1.50 bits per heavy atom. The van der Waals surface area contributed by atoms with E-state index in [1.54, 1.807) is 25.1 Å². The van der Waals surface area contributed by atoms with Crippen molar-refractivity contribution in [3.63, 3.8) is 0 Å². The summed E-state index contributed by atoms with van der Waals surface area (Å²) >= 11 is 0. The summed E-state index contributed by atoms with van der Waals surface area (Å²) in [5.74, 6) is 0.201. The van der Waals surface area contributed by atoms with Crippen LogP contribution in [0, 0.1) is 0 Å². The second-order valence-corrected chi connectivity index (χ2v) is 4.05. The highest BCUT2D eigenvalue weighted by Crippen LogP contribution is 2.20. The molecule has 0 fully saturated rings. The fraction of sp³-hybridized carbons (Fsp3) is 0.308. The number of carbonyl (C=O) groups is 1. The largest absolute Gasteiger partial charge is 0.462 e. The summed E-state index contributed by atoms with van der Waals surface area (Å²) in [5.41, 5.74) is 7.29. The third kappa shape index (κ3) is 3.47. The first-order valence-electron chi connectivity index (χ1n) is 6.26. The fourth-order valence-electron chi connectivity index (χ4n) is 1.71. The highest BCUT2D eigenvalue weighted by Gasteiger charge is 2.13. The van der Waals surface area contributed by atoms with E-state index in [4.69, 9.17) is 10.5 Å². The molecule has 7 heteroatoms. The van der Waals surface area contributed by atoms with Gasteiger partial charge in [0.1, 0.15) is 0 Å². The van der Waals surface area contributed by atoms with Gasteiger partial charge in [-0.1, -0.05) is 5.16 Å². The van der Waals surface area contributed by atoms with Gasteiger partial charge in [0.2, 0.25) is 6.39 Å². The lowest BCUT2D eigenvalue weighted by Gasteiger charge is -2.11. The maximum Gasteiger partial charge on any atom is 0.340 e. The van der Waals surface area contributed by atoms with Crippen LogP contribution >= 0.6 is 0 Å². The molecule has 0 radical (unpaired) electrons. The van der Waals surface area contributed by atoms with Crippen molar-refractivity contribution >= 4 is 17.3 Å². The third-order valence-corrected chi connectivity index (χ3v) is 2.61. The molecule has 0 atom stereocenters. The smallest absolute Gasteiger partial charge is 0.340 e. The summed E-state index contributed by atoms with van der Waals surface area (Å²) in [6.07, 6.45) is 1.87. The molecule has 3 N–H and O–H groups in total. The molecule has 106 valence electrons. The van der Waals surface area contributed by atoms with Crippen LogP contribution in [0.15, 0.2) is 29.1 Å². The maximum atomic E-state index is 11.9. The SMILES string of the molecule is CCOC(=O)c1cc(N)ccc1NCCc1ncon1. The van der Waals surface area contributed by atoms with Gasteiger partial charge in [0.15, 0.2) is 5.82 Å². The predicted octanol–water partition coefficient (Wildman–Crippen LogP) is 1.48. The molecule has 0 saturated carbocycles. The molecule has 0 amide bonds. The number of hydrogen-bond donors (Lipinski definition) is 2. The van der Waals surface area contributed by atoms with Crippen LogP contribution in [0.3, 0.4) is 0 Å². The molecule has 0 aliphatic rings. The second-order valence-electron chi connectivity index (χ2n) is 4.05. The van der Waals surface area contributed by atoms with Gasteiger partial charge in [-0.05, 0) is 25.1 Å². The number of aromatic nitrogens is 2. The van der Waals surface area contributed by atoms with Gasteiger partial charge in [-0.15, -0.1) is 0 Å². The molecule has 2 aromatic rings. The lowest BCUT2D eigenvalue weighted by molar-refractivity contribution is 0.0527. The summed E-state index contributed by atoms with van der Waals surface area (Å²) < 4.78 is 9.65. The maximum absolute atomic E-state index is 11.9. The molecule has 0 aliphatic heterocycles. The van der Waals surface area contributed by atoms with Crippen molar-refractivity contribution < 1.29 is 14.1 Å². The van der Waals surface area contributed by atoms with Gasteiger partial charge in [0, 0.05) is 24.3 Å². The van der Waals surface area contributed by atoms with Gasteiger partial charge in [-0.3, -0.25) is 0 Å². The molecule has 1 aromatic carbocycles. The quantitative estimate of drug-likeness (QED) is 0.608. The van der Waals surface area contributed by atoms with Gasteiger partial charge >= 0.3 is 5.97 Å². The molecule has 0 unspecified atom stereocenters. The van der Waals surface area contributed by atoms with Gasteiger partial charge in [-0.25, -0.2) is 4.79 Å². The highest BCUT2D eigenvalue weighted by atomic mass is 16.5. The zero-order valence-electron chi connectivity index (χ0n) is 11.1. The van der Waals surface area contributed by atoms with Crippen molar-refractivity contribution in [2.75, 3.05) is 24.2 Å². The number of esters is 1. The van der Waals surface area contributed by atoms with Gasteiger partial charge in [-0.2, -0.15) is 4.98 Å². The molecule has 7 nitrogen and oxygen atoms in total. The van der Waals surface area contributed by atoms with Crippen molar-refractivity contribution in [2.45, 2.75) is 13.3 Å². The van der Waals surface area contributed by atoms with E-state index in [1.807, 2.05) is 0 Å². The fourth-order valence-corrected chi connectivity index (χ4v) is 1.71. The number of anilines is 2. The molecular weight excluding hydrogens is 260 g/mol. The molecule has 0 bridgehead atoms. The van der Waals surface area contributed by atoms with E-state index >= 15 is 0 Å². The van der Waals surface area contributed by atoms with Crippen LogP contribution in [0.25, 0.3) is 0 Å². The molecule has 0 spiro atoms. The summed E-state index contributed by atoms with van der Waals surface area (Å²) in [5, 5.41) is 6.85. The van der Waals surface area contributed by atoms with E-state index in [-0.39, 0.29) is 0 Å². The van der Waals surface area contributed by atoms with Crippen molar-refractivity contribution in [3.8, 4) is 0 Å². The van der Waals surface area contributed by atoms with Crippen LogP contribution < -0.4 is 11.1 Å². The van der Waals surface area contributed by atoms with Crippen LogP contribution in [-0.2, 0) is 11.2 Å². The number of nitrogens with one attached hydrogen (secondary N) is 1. The lowest BCUT2D eigenvalue weighted by atomic mass is 10.1. The molecule has 2 rings (SSSR count). The number of ether oxygens (including phenoxy) is 1. The minimum Gasteiger partial charge on any atom is -0.462 e. The highest BCUT2D eigenvalue weighted by molar-refractivity contribution is 5.96. The summed E-state index contributed by atoms with van der Waals surface area (Å²) in [7, 11) is 0. The van der Waals surface area contributed by atoms with E-state index in [0.29, 0.717) is 42.3 Å². The number of hydrogen-bond acceptors (Lipinski definition) is 7. The molecule has 1 aromatic heterocycles. The van der Waals surface area contributed by atoms with E-state index in [9.17, 15) is 4.79 Å². The molecular formula is C13H16N4O3. The Labute approximate surface area is 116 Å². The second kappa shape index (κ2) is 6.55. The first kappa shape index (κ1) is 13.9. The van der Waals surface area contributed by atoms with E-state index in [2.05, 4.69) is 20.0 Å². The van der Waals surface area contributed by atoms with Crippen molar-refractivity contribution in [3.05, 3.63) is 36.0 Å². The van der Waals surface area contributed by atoms with Gasteiger partial charge in [0.05, 0.1) is 12.2 Å².